The van der Waals surface area contributed by atoms with Crippen molar-refractivity contribution < 1.29 is 18.3 Å². The molecule has 0 saturated carbocycles. The molecule has 1 N–H and O–H groups in total. The van der Waals surface area contributed by atoms with E-state index < -0.39 is 11.7 Å². The minimum absolute atomic E-state index is 0.0189. The largest absolute Gasteiger partial charge is 0.417 e. The maximum atomic E-state index is 13.1. The highest BCUT2D eigenvalue weighted by atomic mass is 35.5. The van der Waals surface area contributed by atoms with Gasteiger partial charge in [-0.2, -0.15) is 13.2 Å². The third kappa shape index (κ3) is 3.34. The zero-order chi connectivity index (χ0) is 18.2. The SMILES string of the molecule is CCc1nc2cc(C(F)(F)F)c(Cl)cc2n1-c1ccc(CCO)cn1. The summed E-state index contributed by atoms with van der Waals surface area (Å²) in [6.07, 6.45) is -1.90. The van der Waals surface area contributed by atoms with Gasteiger partial charge in [-0.3, -0.25) is 4.57 Å². The fraction of sp³-hybridized carbons (Fsp3) is 0.294. The third-order valence-corrected chi connectivity index (χ3v) is 4.19. The molecule has 2 aromatic heterocycles. The van der Waals surface area contributed by atoms with Crippen molar-refractivity contribution in [1.82, 2.24) is 14.5 Å². The van der Waals surface area contributed by atoms with Crippen LogP contribution in [0.15, 0.2) is 30.5 Å². The Hall–Kier alpha value is -2.12. The van der Waals surface area contributed by atoms with Gasteiger partial charge in [-0.25, -0.2) is 9.97 Å². The lowest BCUT2D eigenvalue weighted by Crippen LogP contribution is -2.06. The van der Waals surface area contributed by atoms with Gasteiger partial charge in [0.2, 0.25) is 0 Å². The molecule has 0 saturated heterocycles. The molecule has 25 heavy (non-hydrogen) atoms. The van der Waals surface area contributed by atoms with Crippen LogP contribution in [0.4, 0.5) is 13.2 Å². The number of halogens is 4. The first-order valence-corrected chi connectivity index (χ1v) is 8.07. The molecule has 0 amide bonds. The minimum atomic E-state index is -4.54. The first kappa shape index (κ1) is 17.7. The van der Waals surface area contributed by atoms with Gasteiger partial charge in [0.25, 0.3) is 0 Å². The summed E-state index contributed by atoms with van der Waals surface area (Å²) in [4.78, 5) is 8.65. The van der Waals surface area contributed by atoms with E-state index in [1.807, 2.05) is 13.0 Å². The lowest BCUT2D eigenvalue weighted by Gasteiger charge is -2.11. The van der Waals surface area contributed by atoms with Crippen molar-refractivity contribution in [2.75, 3.05) is 6.61 Å². The molecule has 0 unspecified atom stereocenters. The second-order valence-electron chi connectivity index (χ2n) is 5.53. The third-order valence-electron chi connectivity index (χ3n) is 3.87. The number of fused-ring (bicyclic) bond motifs is 1. The summed E-state index contributed by atoms with van der Waals surface area (Å²) in [6, 6.07) is 5.80. The van der Waals surface area contributed by atoms with Crippen molar-refractivity contribution in [1.29, 1.82) is 0 Å². The molecule has 0 aliphatic carbocycles. The van der Waals surface area contributed by atoms with Gasteiger partial charge in [0.05, 0.1) is 21.6 Å². The second-order valence-corrected chi connectivity index (χ2v) is 5.94. The normalized spacial score (nSPS) is 12.1. The van der Waals surface area contributed by atoms with Crippen LogP contribution in [0, 0.1) is 0 Å². The van der Waals surface area contributed by atoms with E-state index in [1.54, 1.807) is 16.8 Å². The molecule has 0 aliphatic rings. The first-order valence-electron chi connectivity index (χ1n) is 7.69. The molecule has 132 valence electrons. The Morgan fingerprint density at radius 2 is 2.00 bits per heavy atom. The van der Waals surface area contributed by atoms with E-state index in [0.29, 0.717) is 30.0 Å². The first-order chi connectivity index (χ1) is 11.8. The number of aryl methyl sites for hydroxylation is 1. The molecule has 8 heteroatoms. The van der Waals surface area contributed by atoms with Crippen molar-refractivity contribution in [3.63, 3.8) is 0 Å². The van der Waals surface area contributed by atoms with Gasteiger partial charge in [0, 0.05) is 19.2 Å². The van der Waals surface area contributed by atoms with E-state index in [2.05, 4.69) is 9.97 Å². The number of benzene rings is 1. The molecule has 0 bridgehead atoms. The molecule has 4 nitrogen and oxygen atoms in total. The number of hydrogen-bond donors (Lipinski definition) is 1. The van der Waals surface area contributed by atoms with Crippen molar-refractivity contribution in [2.45, 2.75) is 25.9 Å². The number of nitrogens with zero attached hydrogens (tertiary/aromatic N) is 3. The predicted octanol–water partition coefficient (Wildman–Crippen LogP) is 4.19. The molecule has 0 spiro atoms. The lowest BCUT2D eigenvalue weighted by molar-refractivity contribution is -0.137. The Balaban J connectivity index is 2.18. The van der Waals surface area contributed by atoms with Gasteiger partial charge in [0.1, 0.15) is 11.6 Å². The molecule has 2 heterocycles. The van der Waals surface area contributed by atoms with Crippen LogP contribution in [0.3, 0.4) is 0 Å². The summed E-state index contributed by atoms with van der Waals surface area (Å²) in [6.45, 7) is 1.88. The Labute approximate surface area is 146 Å². The average Bonchev–Trinajstić information content (AvgIpc) is 2.92. The van der Waals surface area contributed by atoms with Crippen LogP contribution in [0.1, 0.15) is 23.9 Å². The van der Waals surface area contributed by atoms with Crippen LogP contribution < -0.4 is 0 Å². The summed E-state index contributed by atoms with van der Waals surface area (Å²) in [7, 11) is 0. The maximum absolute atomic E-state index is 13.1. The number of imidazole rings is 1. The van der Waals surface area contributed by atoms with Gasteiger partial charge < -0.3 is 5.11 Å². The molecule has 0 fully saturated rings. The number of aliphatic hydroxyl groups excluding tert-OH is 1. The molecular weight excluding hydrogens is 355 g/mol. The van der Waals surface area contributed by atoms with Crippen molar-refractivity contribution in [2.24, 2.45) is 0 Å². The van der Waals surface area contributed by atoms with Crippen LogP contribution >= 0.6 is 11.6 Å². The summed E-state index contributed by atoms with van der Waals surface area (Å²) in [5, 5.41) is 8.59. The van der Waals surface area contributed by atoms with Crippen LogP contribution in [0.5, 0.6) is 0 Å². The highest BCUT2D eigenvalue weighted by Crippen LogP contribution is 2.37. The van der Waals surface area contributed by atoms with E-state index in [9.17, 15) is 13.2 Å². The number of hydrogen-bond acceptors (Lipinski definition) is 3. The van der Waals surface area contributed by atoms with E-state index in [-0.39, 0.29) is 17.1 Å². The predicted molar refractivity (Wildman–Crippen MR) is 89.0 cm³/mol. The highest BCUT2D eigenvalue weighted by Gasteiger charge is 2.34. The quantitative estimate of drug-likeness (QED) is 0.750. The fourth-order valence-electron chi connectivity index (χ4n) is 2.68. The number of aromatic nitrogens is 3. The maximum Gasteiger partial charge on any atom is 0.417 e. The van der Waals surface area contributed by atoms with E-state index in [1.165, 1.54) is 6.07 Å². The lowest BCUT2D eigenvalue weighted by atomic mass is 10.2. The van der Waals surface area contributed by atoms with Gasteiger partial charge in [-0.1, -0.05) is 24.6 Å². The summed E-state index contributed by atoms with van der Waals surface area (Å²) in [5.74, 6) is 1.13. The number of aliphatic hydroxyl groups is 1. The van der Waals surface area contributed by atoms with Gasteiger partial charge >= 0.3 is 6.18 Å². The van der Waals surface area contributed by atoms with Crippen LogP contribution in [-0.2, 0) is 19.0 Å². The summed E-state index contributed by atoms with van der Waals surface area (Å²) in [5.41, 5.74) is 0.651. The van der Waals surface area contributed by atoms with Gasteiger partial charge in [-0.05, 0) is 30.2 Å². The van der Waals surface area contributed by atoms with E-state index >= 15 is 0 Å². The number of pyridine rings is 1. The van der Waals surface area contributed by atoms with Crippen molar-refractivity contribution in [3.8, 4) is 5.82 Å². The molecule has 0 aliphatic heterocycles. The zero-order valence-corrected chi connectivity index (χ0v) is 14.1. The average molecular weight is 370 g/mol. The topological polar surface area (TPSA) is 50.9 Å². The van der Waals surface area contributed by atoms with Gasteiger partial charge in [-0.15, -0.1) is 0 Å². The molecular formula is C17H15ClF3N3O. The Morgan fingerprint density at radius 3 is 2.56 bits per heavy atom. The highest BCUT2D eigenvalue weighted by molar-refractivity contribution is 6.32. The Kier molecular flexibility index (Phi) is 4.71. The number of alkyl halides is 3. The van der Waals surface area contributed by atoms with Crippen LogP contribution in [-0.4, -0.2) is 26.2 Å². The van der Waals surface area contributed by atoms with E-state index in [0.717, 1.165) is 11.6 Å². The standard InChI is InChI=1S/C17H15ClF3N3O/c1-2-15-23-13-7-11(17(19,20)21)12(18)8-14(13)24(15)16-4-3-10(5-6-25)9-22-16/h3-4,7-9,25H,2,5-6H2,1H3. The van der Waals surface area contributed by atoms with Crippen molar-refractivity contribution >= 4 is 22.6 Å². The zero-order valence-electron chi connectivity index (χ0n) is 13.3. The Bertz CT molecular complexity index is 904. The van der Waals surface area contributed by atoms with Crippen LogP contribution in [0.2, 0.25) is 5.02 Å². The minimum Gasteiger partial charge on any atom is -0.396 e. The molecule has 0 atom stereocenters. The summed E-state index contributed by atoms with van der Waals surface area (Å²) >= 11 is 5.86. The van der Waals surface area contributed by atoms with Crippen molar-refractivity contribution in [3.05, 3.63) is 52.4 Å². The molecule has 0 radical (unpaired) electrons. The summed E-state index contributed by atoms with van der Waals surface area (Å²) < 4.78 is 40.9. The smallest absolute Gasteiger partial charge is 0.396 e. The monoisotopic (exact) mass is 369 g/mol. The Morgan fingerprint density at radius 1 is 1.24 bits per heavy atom. The molecule has 1 aromatic carbocycles. The van der Waals surface area contributed by atoms with Gasteiger partial charge in [0.15, 0.2) is 0 Å². The second kappa shape index (κ2) is 6.65. The number of rotatable bonds is 4. The molecule has 3 aromatic rings. The van der Waals surface area contributed by atoms with Crippen LogP contribution in [0.25, 0.3) is 16.9 Å². The van der Waals surface area contributed by atoms with E-state index in [4.69, 9.17) is 16.7 Å². The fourth-order valence-corrected chi connectivity index (χ4v) is 2.95. The molecule has 3 rings (SSSR count).